The number of carbonyl (C=O) groups is 1. The maximum atomic E-state index is 11.8. The lowest BCUT2D eigenvalue weighted by atomic mass is 10.5. The number of aryl methyl sites for hydroxylation is 1. The molecule has 2 N–H and O–H groups in total. The first-order valence-electron chi connectivity index (χ1n) is 5.36. The highest BCUT2D eigenvalue weighted by molar-refractivity contribution is 5.87. The van der Waals surface area contributed by atoms with E-state index in [2.05, 4.69) is 20.3 Å². The van der Waals surface area contributed by atoms with Crippen LogP contribution < -0.4 is 11.0 Å². The molecular formula is C10H13N5O2. The summed E-state index contributed by atoms with van der Waals surface area (Å²) < 4.78 is 1.00. The van der Waals surface area contributed by atoms with Crippen LogP contribution in [0.2, 0.25) is 0 Å². The fourth-order valence-corrected chi connectivity index (χ4v) is 1.50. The molecule has 0 aliphatic carbocycles. The summed E-state index contributed by atoms with van der Waals surface area (Å²) in [4.78, 5) is 33.9. The molecule has 0 unspecified atom stereocenters. The van der Waals surface area contributed by atoms with E-state index in [0.29, 0.717) is 23.5 Å². The molecule has 0 aliphatic rings. The summed E-state index contributed by atoms with van der Waals surface area (Å²) >= 11 is 0. The zero-order chi connectivity index (χ0) is 12.4. The van der Waals surface area contributed by atoms with Gasteiger partial charge in [0.15, 0.2) is 5.65 Å². The highest BCUT2D eigenvalue weighted by Gasteiger charge is 2.14. The van der Waals surface area contributed by atoms with Crippen LogP contribution in [-0.4, -0.2) is 32.1 Å². The van der Waals surface area contributed by atoms with Gasteiger partial charge in [0.25, 0.3) is 0 Å². The lowest BCUT2D eigenvalue weighted by Gasteiger charge is -2.03. The van der Waals surface area contributed by atoms with Crippen molar-refractivity contribution in [3.05, 3.63) is 22.5 Å². The predicted octanol–water partition coefficient (Wildman–Crippen LogP) is 0.396. The van der Waals surface area contributed by atoms with E-state index in [4.69, 9.17) is 0 Å². The van der Waals surface area contributed by atoms with Crippen molar-refractivity contribution >= 4 is 17.2 Å². The van der Waals surface area contributed by atoms with E-state index in [1.807, 2.05) is 6.92 Å². The molecule has 2 rings (SSSR count). The van der Waals surface area contributed by atoms with Crippen molar-refractivity contribution in [1.29, 1.82) is 0 Å². The van der Waals surface area contributed by atoms with Gasteiger partial charge in [-0.2, -0.15) is 0 Å². The number of amides is 1. The smallest absolute Gasteiger partial charge is 0.336 e. The first-order valence-corrected chi connectivity index (χ1v) is 5.36. The molecule has 0 bridgehead atoms. The van der Waals surface area contributed by atoms with Crippen molar-refractivity contribution in [2.45, 2.75) is 20.3 Å². The summed E-state index contributed by atoms with van der Waals surface area (Å²) in [5.41, 5.74) is 0.247. The van der Waals surface area contributed by atoms with Gasteiger partial charge < -0.3 is 5.32 Å². The highest BCUT2D eigenvalue weighted by Crippen LogP contribution is 2.05. The van der Waals surface area contributed by atoms with Gasteiger partial charge >= 0.3 is 11.7 Å². The van der Waals surface area contributed by atoms with Crippen LogP contribution in [0.25, 0.3) is 11.2 Å². The molecule has 0 radical (unpaired) electrons. The molecule has 7 nitrogen and oxygen atoms in total. The van der Waals surface area contributed by atoms with Gasteiger partial charge in [-0.25, -0.2) is 24.1 Å². The Morgan fingerprint density at radius 3 is 3.06 bits per heavy atom. The minimum absolute atomic E-state index is 0.370. The number of aromatic nitrogens is 4. The summed E-state index contributed by atoms with van der Waals surface area (Å²) in [6, 6.07) is -0.462. The Morgan fingerprint density at radius 1 is 1.59 bits per heavy atom. The van der Waals surface area contributed by atoms with E-state index in [1.165, 1.54) is 6.20 Å². The second kappa shape index (κ2) is 4.36. The van der Waals surface area contributed by atoms with Crippen LogP contribution in [-0.2, 0) is 0 Å². The Morgan fingerprint density at radius 2 is 2.35 bits per heavy atom. The lowest BCUT2D eigenvalue weighted by Crippen LogP contribution is -2.35. The second-order valence-electron chi connectivity index (χ2n) is 3.65. The molecule has 2 heterocycles. The standard InChI is InChI=1S/C10H13N5O2/c1-3-4-11-9(16)15-7-5-12-6(2)13-8(7)14-10(15)17/h5H,3-4H2,1-2H3,(H,11,16)(H,12,13,14,17). The minimum atomic E-state index is -0.506. The zero-order valence-electron chi connectivity index (χ0n) is 9.65. The van der Waals surface area contributed by atoms with Crippen LogP contribution >= 0.6 is 0 Å². The van der Waals surface area contributed by atoms with E-state index in [-0.39, 0.29) is 0 Å². The van der Waals surface area contributed by atoms with Crippen LogP contribution in [0.5, 0.6) is 0 Å². The van der Waals surface area contributed by atoms with E-state index < -0.39 is 11.7 Å². The number of hydrogen-bond donors (Lipinski definition) is 2. The van der Waals surface area contributed by atoms with E-state index in [0.717, 1.165) is 11.0 Å². The molecule has 0 aromatic carbocycles. The van der Waals surface area contributed by atoms with Crippen LogP contribution in [0.4, 0.5) is 4.79 Å². The van der Waals surface area contributed by atoms with E-state index in [1.54, 1.807) is 6.92 Å². The molecule has 0 atom stereocenters. The Bertz CT molecular complexity index is 613. The van der Waals surface area contributed by atoms with Gasteiger partial charge in [-0.15, -0.1) is 0 Å². The number of H-pyrrole nitrogens is 1. The number of imidazole rings is 1. The first kappa shape index (κ1) is 11.3. The van der Waals surface area contributed by atoms with Crippen LogP contribution in [0.15, 0.2) is 11.0 Å². The SMILES string of the molecule is CCCNC(=O)n1c(=O)[nH]c2nc(C)ncc21. The molecule has 17 heavy (non-hydrogen) atoms. The van der Waals surface area contributed by atoms with Gasteiger partial charge in [-0.05, 0) is 13.3 Å². The van der Waals surface area contributed by atoms with Gasteiger partial charge in [0.05, 0.1) is 6.20 Å². The molecule has 0 fully saturated rings. The number of rotatable bonds is 2. The predicted molar refractivity (Wildman–Crippen MR) is 62.0 cm³/mol. The molecule has 1 amide bonds. The number of nitrogens with zero attached hydrogens (tertiary/aromatic N) is 3. The highest BCUT2D eigenvalue weighted by atomic mass is 16.2. The zero-order valence-corrected chi connectivity index (χ0v) is 9.65. The average Bonchev–Trinajstić information content (AvgIpc) is 2.61. The topological polar surface area (TPSA) is 92.7 Å². The van der Waals surface area contributed by atoms with Gasteiger partial charge in [-0.3, -0.25) is 4.98 Å². The van der Waals surface area contributed by atoms with Crippen molar-refractivity contribution in [3.8, 4) is 0 Å². The van der Waals surface area contributed by atoms with E-state index >= 15 is 0 Å². The maximum Gasteiger partial charge on any atom is 0.336 e. The molecule has 0 aliphatic heterocycles. The quantitative estimate of drug-likeness (QED) is 0.787. The Kier molecular flexibility index (Phi) is 2.90. The van der Waals surface area contributed by atoms with Crippen LogP contribution in [0, 0.1) is 6.92 Å². The molecular weight excluding hydrogens is 222 g/mol. The van der Waals surface area contributed by atoms with Gasteiger partial charge in [-0.1, -0.05) is 6.92 Å². The number of fused-ring (bicyclic) bond motifs is 1. The fourth-order valence-electron chi connectivity index (χ4n) is 1.50. The monoisotopic (exact) mass is 235 g/mol. The fraction of sp³-hybridized carbons (Fsp3) is 0.400. The van der Waals surface area contributed by atoms with Crippen molar-refractivity contribution < 1.29 is 4.79 Å². The molecule has 2 aromatic heterocycles. The number of hydrogen-bond acceptors (Lipinski definition) is 4. The summed E-state index contributed by atoms with van der Waals surface area (Å²) in [5, 5.41) is 2.63. The minimum Gasteiger partial charge on any atom is -0.337 e. The van der Waals surface area contributed by atoms with Crippen molar-refractivity contribution in [1.82, 2.24) is 24.8 Å². The first-order chi connectivity index (χ1) is 8.13. The van der Waals surface area contributed by atoms with Crippen molar-refractivity contribution in [2.75, 3.05) is 6.54 Å². The number of carbonyl (C=O) groups excluding carboxylic acids is 1. The van der Waals surface area contributed by atoms with Crippen molar-refractivity contribution in [2.24, 2.45) is 0 Å². The third-order valence-corrected chi connectivity index (χ3v) is 2.29. The third-order valence-electron chi connectivity index (χ3n) is 2.29. The maximum absolute atomic E-state index is 11.8. The molecule has 2 aromatic rings. The van der Waals surface area contributed by atoms with Crippen molar-refractivity contribution in [3.63, 3.8) is 0 Å². The Labute approximate surface area is 96.9 Å². The Hall–Kier alpha value is -2.18. The van der Waals surface area contributed by atoms with Crippen LogP contribution in [0.1, 0.15) is 19.2 Å². The number of aromatic amines is 1. The molecule has 0 saturated carbocycles. The summed E-state index contributed by atoms with van der Waals surface area (Å²) in [6.07, 6.45) is 2.26. The summed E-state index contributed by atoms with van der Waals surface area (Å²) in [6.45, 7) is 4.17. The van der Waals surface area contributed by atoms with Gasteiger partial charge in [0, 0.05) is 6.54 Å². The third kappa shape index (κ3) is 2.03. The summed E-state index contributed by atoms with van der Waals surface area (Å²) in [5.74, 6) is 0.542. The van der Waals surface area contributed by atoms with E-state index in [9.17, 15) is 9.59 Å². The van der Waals surface area contributed by atoms with Gasteiger partial charge in [0.1, 0.15) is 11.3 Å². The largest absolute Gasteiger partial charge is 0.337 e. The Balaban J connectivity index is 2.50. The molecule has 7 heteroatoms. The number of nitrogens with one attached hydrogen (secondary N) is 2. The molecule has 90 valence electrons. The average molecular weight is 235 g/mol. The molecule has 0 saturated heterocycles. The van der Waals surface area contributed by atoms with Crippen LogP contribution in [0.3, 0.4) is 0 Å². The normalized spacial score (nSPS) is 10.7. The lowest BCUT2D eigenvalue weighted by molar-refractivity contribution is 0.242. The van der Waals surface area contributed by atoms with Gasteiger partial charge in [0.2, 0.25) is 0 Å². The second-order valence-corrected chi connectivity index (χ2v) is 3.65. The molecule has 0 spiro atoms. The summed E-state index contributed by atoms with van der Waals surface area (Å²) in [7, 11) is 0.